The van der Waals surface area contributed by atoms with Crippen LogP contribution in [0.25, 0.3) is 0 Å². The van der Waals surface area contributed by atoms with Crippen molar-refractivity contribution in [2.75, 3.05) is 0 Å². The fourth-order valence-corrected chi connectivity index (χ4v) is 2.84. The summed E-state index contributed by atoms with van der Waals surface area (Å²) in [5, 5.41) is 11.6. The Hall–Kier alpha value is -1.72. The fourth-order valence-electron chi connectivity index (χ4n) is 2.23. The van der Waals surface area contributed by atoms with Gasteiger partial charge in [-0.05, 0) is 26.3 Å². The number of aromatic nitrogens is 1. The summed E-state index contributed by atoms with van der Waals surface area (Å²) in [5.41, 5.74) is 0.899. The van der Waals surface area contributed by atoms with Crippen LogP contribution < -0.4 is 0 Å². The Bertz CT molecular complexity index is 590. The van der Waals surface area contributed by atoms with E-state index in [9.17, 15) is 9.90 Å². The van der Waals surface area contributed by atoms with Gasteiger partial charge in [-0.1, -0.05) is 30.3 Å². The SMILES string of the molecule is CC(C)(C)OC(Cc1ccccc1)(C(=O)O)c1cscn1. The van der Waals surface area contributed by atoms with E-state index in [1.54, 1.807) is 10.9 Å². The third-order valence-electron chi connectivity index (χ3n) is 2.97. The number of hydrogen-bond acceptors (Lipinski definition) is 4. The van der Waals surface area contributed by atoms with E-state index in [4.69, 9.17) is 4.74 Å². The third-order valence-corrected chi connectivity index (χ3v) is 3.55. The molecular formula is C16H19NO3S. The van der Waals surface area contributed by atoms with E-state index in [0.717, 1.165) is 5.56 Å². The van der Waals surface area contributed by atoms with Gasteiger partial charge < -0.3 is 9.84 Å². The Kier molecular flexibility index (Phi) is 4.44. The number of carboxylic acids is 1. The van der Waals surface area contributed by atoms with Gasteiger partial charge in [-0.2, -0.15) is 0 Å². The number of benzene rings is 1. The molecule has 0 amide bonds. The number of carboxylic acid groups (broad SMARTS) is 1. The van der Waals surface area contributed by atoms with Crippen LogP contribution in [0.1, 0.15) is 32.0 Å². The van der Waals surface area contributed by atoms with Gasteiger partial charge in [-0.3, -0.25) is 0 Å². The molecule has 2 rings (SSSR count). The highest BCUT2D eigenvalue weighted by Gasteiger charge is 2.46. The molecule has 0 aliphatic heterocycles. The molecule has 0 fully saturated rings. The van der Waals surface area contributed by atoms with E-state index in [0.29, 0.717) is 5.69 Å². The zero-order chi connectivity index (χ0) is 15.5. The van der Waals surface area contributed by atoms with Crippen LogP contribution in [0.4, 0.5) is 0 Å². The van der Waals surface area contributed by atoms with Gasteiger partial charge in [-0.25, -0.2) is 9.78 Å². The summed E-state index contributed by atoms with van der Waals surface area (Å²) in [7, 11) is 0. The maximum atomic E-state index is 12.0. The highest BCUT2D eigenvalue weighted by molar-refractivity contribution is 7.07. The molecule has 1 heterocycles. The van der Waals surface area contributed by atoms with E-state index in [1.807, 2.05) is 51.1 Å². The summed E-state index contributed by atoms with van der Waals surface area (Å²) in [6, 6.07) is 9.48. The van der Waals surface area contributed by atoms with Gasteiger partial charge in [0.25, 0.3) is 0 Å². The summed E-state index contributed by atoms with van der Waals surface area (Å²) in [5.74, 6) is -1.02. The Labute approximate surface area is 128 Å². The number of hydrogen-bond donors (Lipinski definition) is 1. The smallest absolute Gasteiger partial charge is 0.342 e. The molecule has 0 saturated heterocycles. The zero-order valence-corrected chi connectivity index (χ0v) is 13.2. The van der Waals surface area contributed by atoms with Crippen molar-refractivity contribution in [2.24, 2.45) is 0 Å². The summed E-state index contributed by atoms with van der Waals surface area (Å²) in [6.45, 7) is 5.55. The maximum absolute atomic E-state index is 12.0. The Balaban J connectivity index is 2.48. The third kappa shape index (κ3) is 3.68. The quantitative estimate of drug-likeness (QED) is 0.918. The maximum Gasteiger partial charge on any atom is 0.342 e. The van der Waals surface area contributed by atoms with E-state index in [1.165, 1.54) is 11.3 Å². The lowest BCUT2D eigenvalue weighted by Gasteiger charge is -2.35. The molecule has 4 nitrogen and oxygen atoms in total. The van der Waals surface area contributed by atoms with E-state index < -0.39 is 17.2 Å². The van der Waals surface area contributed by atoms with Crippen LogP contribution in [0.15, 0.2) is 41.2 Å². The summed E-state index contributed by atoms with van der Waals surface area (Å²) >= 11 is 1.37. The van der Waals surface area contributed by atoms with Crippen molar-refractivity contribution in [1.82, 2.24) is 4.98 Å². The van der Waals surface area contributed by atoms with Crippen LogP contribution in [-0.2, 0) is 21.6 Å². The molecule has 1 aromatic carbocycles. The van der Waals surface area contributed by atoms with E-state index in [2.05, 4.69) is 4.98 Å². The normalized spacial score (nSPS) is 14.6. The predicted molar refractivity (Wildman–Crippen MR) is 82.4 cm³/mol. The van der Waals surface area contributed by atoms with Crippen molar-refractivity contribution >= 4 is 17.3 Å². The molecule has 0 bridgehead atoms. The monoisotopic (exact) mass is 305 g/mol. The molecule has 5 heteroatoms. The first-order valence-electron chi connectivity index (χ1n) is 6.70. The number of aliphatic carboxylic acids is 1. The van der Waals surface area contributed by atoms with Gasteiger partial charge in [0.1, 0.15) is 0 Å². The number of ether oxygens (including phenoxy) is 1. The molecule has 1 aromatic heterocycles. The Morgan fingerprint density at radius 3 is 2.43 bits per heavy atom. The average molecular weight is 305 g/mol. The molecule has 0 aliphatic carbocycles. The second kappa shape index (κ2) is 5.95. The first-order chi connectivity index (χ1) is 9.83. The number of nitrogens with zero attached hydrogens (tertiary/aromatic N) is 1. The molecule has 0 radical (unpaired) electrons. The second-order valence-electron chi connectivity index (χ2n) is 5.88. The Morgan fingerprint density at radius 2 is 1.95 bits per heavy atom. The lowest BCUT2D eigenvalue weighted by molar-refractivity contribution is -0.188. The molecule has 1 unspecified atom stereocenters. The predicted octanol–water partition coefficient (Wildman–Crippen LogP) is 3.48. The molecular weight excluding hydrogens is 286 g/mol. The number of rotatable bonds is 5. The molecule has 21 heavy (non-hydrogen) atoms. The van der Waals surface area contributed by atoms with Crippen molar-refractivity contribution in [3.63, 3.8) is 0 Å². The van der Waals surface area contributed by atoms with Crippen molar-refractivity contribution in [3.8, 4) is 0 Å². The molecule has 1 N–H and O–H groups in total. The summed E-state index contributed by atoms with van der Waals surface area (Å²) in [6.07, 6.45) is 0.240. The lowest BCUT2D eigenvalue weighted by Crippen LogP contribution is -2.46. The van der Waals surface area contributed by atoms with E-state index >= 15 is 0 Å². The van der Waals surface area contributed by atoms with Gasteiger partial charge in [0.15, 0.2) is 0 Å². The standard InChI is InChI=1S/C16H19NO3S/c1-15(2,3)20-16(14(18)19,13-10-21-11-17-13)9-12-7-5-4-6-8-12/h4-8,10-11H,9H2,1-3H3,(H,18,19). The number of thiazole rings is 1. The molecule has 1 atom stereocenters. The molecule has 0 saturated carbocycles. The average Bonchev–Trinajstić information content (AvgIpc) is 2.91. The van der Waals surface area contributed by atoms with Crippen molar-refractivity contribution < 1.29 is 14.6 Å². The minimum Gasteiger partial charge on any atom is -0.479 e. The minimum atomic E-state index is -1.47. The van der Waals surface area contributed by atoms with Crippen LogP contribution in [-0.4, -0.2) is 21.7 Å². The van der Waals surface area contributed by atoms with Crippen molar-refractivity contribution in [2.45, 2.75) is 38.4 Å². The second-order valence-corrected chi connectivity index (χ2v) is 6.60. The first kappa shape index (κ1) is 15.7. The van der Waals surface area contributed by atoms with Crippen molar-refractivity contribution in [3.05, 3.63) is 52.5 Å². The van der Waals surface area contributed by atoms with E-state index in [-0.39, 0.29) is 6.42 Å². The summed E-state index contributed by atoms with van der Waals surface area (Å²) in [4.78, 5) is 16.2. The Morgan fingerprint density at radius 1 is 1.29 bits per heavy atom. The van der Waals surface area contributed by atoms with Crippen LogP contribution >= 0.6 is 11.3 Å². The van der Waals surface area contributed by atoms with Crippen LogP contribution in [0.2, 0.25) is 0 Å². The molecule has 2 aromatic rings. The van der Waals surface area contributed by atoms with Crippen LogP contribution in [0, 0.1) is 0 Å². The topological polar surface area (TPSA) is 59.4 Å². The highest BCUT2D eigenvalue weighted by atomic mass is 32.1. The van der Waals surface area contributed by atoms with Gasteiger partial charge in [0, 0.05) is 11.8 Å². The van der Waals surface area contributed by atoms with Crippen LogP contribution in [0.3, 0.4) is 0 Å². The lowest BCUT2D eigenvalue weighted by atomic mass is 9.90. The minimum absolute atomic E-state index is 0.240. The molecule has 0 spiro atoms. The van der Waals surface area contributed by atoms with Crippen molar-refractivity contribution in [1.29, 1.82) is 0 Å². The van der Waals surface area contributed by atoms with Gasteiger partial charge in [0.05, 0.1) is 16.8 Å². The number of carbonyl (C=O) groups is 1. The zero-order valence-electron chi connectivity index (χ0n) is 12.4. The molecule has 0 aliphatic rings. The largest absolute Gasteiger partial charge is 0.479 e. The first-order valence-corrected chi connectivity index (χ1v) is 7.64. The van der Waals surface area contributed by atoms with Gasteiger partial charge in [0.2, 0.25) is 5.60 Å². The van der Waals surface area contributed by atoms with Gasteiger partial charge >= 0.3 is 5.97 Å². The van der Waals surface area contributed by atoms with Crippen LogP contribution in [0.5, 0.6) is 0 Å². The molecule has 112 valence electrons. The summed E-state index contributed by atoms with van der Waals surface area (Å²) < 4.78 is 5.98. The van der Waals surface area contributed by atoms with Gasteiger partial charge in [-0.15, -0.1) is 11.3 Å². The fraction of sp³-hybridized carbons (Fsp3) is 0.375. The highest BCUT2D eigenvalue weighted by Crippen LogP contribution is 2.34.